The fourth-order valence-corrected chi connectivity index (χ4v) is 3.33. The molecule has 11 nitrogen and oxygen atoms in total. The molecule has 0 saturated carbocycles. The number of nitrogen functional groups attached to an aromatic ring is 1. The number of nitrogens with one attached hydrogen (secondary N) is 1. The smallest absolute Gasteiger partial charge is 0.247 e. The van der Waals surface area contributed by atoms with E-state index in [1.165, 1.54) is 16.5 Å². The minimum atomic E-state index is -1.26. The molecule has 2 aromatic heterocycles. The number of hydrogen-bond acceptors (Lipinski definition) is 10. The van der Waals surface area contributed by atoms with Crippen LogP contribution in [0.2, 0.25) is 0 Å². The van der Waals surface area contributed by atoms with Gasteiger partial charge >= 0.3 is 0 Å². The second-order valence-electron chi connectivity index (χ2n) is 6.93. The molecule has 1 aromatic carbocycles. The first kappa shape index (κ1) is 20.2. The highest BCUT2D eigenvalue weighted by Gasteiger charge is 2.44. The first-order valence-corrected chi connectivity index (χ1v) is 9.52. The third-order valence-electron chi connectivity index (χ3n) is 4.90. The van der Waals surface area contributed by atoms with Crippen LogP contribution in [-0.4, -0.2) is 66.0 Å². The molecule has 30 heavy (non-hydrogen) atoms. The molecule has 0 bridgehead atoms. The summed E-state index contributed by atoms with van der Waals surface area (Å²) in [7, 11) is 0. The summed E-state index contributed by atoms with van der Waals surface area (Å²) in [5.74, 6) is 0.289. The van der Waals surface area contributed by atoms with Crippen molar-refractivity contribution in [3.8, 4) is 0 Å². The number of aromatic nitrogens is 4. The molecule has 4 atom stereocenters. The second-order valence-corrected chi connectivity index (χ2v) is 6.93. The van der Waals surface area contributed by atoms with Crippen molar-refractivity contribution in [2.75, 3.05) is 17.8 Å². The highest BCUT2D eigenvalue weighted by atomic mass is 16.6. The van der Waals surface area contributed by atoms with Gasteiger partial charge in [-0.1, -0.05) is 30.3 Å². The molecule has 0 unspecified atom stereocenters. The molecule has 3 heterocycles. The number of anilines is 2. The number of hydrogen-bond donors (Lipinski definition) is 5. The average Bonchev–Trinajstić information content (AvgIpc) is 3.30. The van der Waals surface area contributed by atoms with Gasteiger partial charge in [0.1, 0.15) is 23.8 Å². The highest BCUT2D eigenvalue weighted by molar-refractivity contribution is 5.83. The van der Waals surface area contributed by atoms with Crippen molar-refractivity contribution < 1.29 is 20.1 Å². The Morgan fingerprint density at radius 1 is 1.20 bits per heavy atom. The third kappa shape index (κ3) is 3.96. The number of benzene rings is 1. The van der Waals surface area contributed by atoms with Crippen LogP contribution in [0.15, 0.2) is 41.8 Å². The summed E-state index contributed by atoms with van der Waals surface area (Å²) < 4.78 is 6.99. The summed E-state index contributed by atoms with van der Waals surface area (Å²) in [6.45, 7) is -0.428. The maximum atomic E-state index is 10.3. The Kier molecular flexibility index (Phi) is 5.86. The SMILES string of the molecule is Nc1nc(N/N=C/CCc2ccccc2)nc2c1ncn2[C@@H]1O[C@H](CO)[C@@H](O)[C@H]1O. The van der Waals surface area contributed by atoms with Crippen LogP contribution in [0.1, 0.15) is 18.2 Å². The number of rotatable bonds is 7. The molecule has 11 heteroatoms. The fraction of sp³-hybridized carbons (Fsp3) is 0.368. The Labute approximate surface area is 171 Å². The van der Waals surface area contributed by atoms with Gasteiger partial charge in [-0.2, -0.15) is 15.1 Å². The zero-order chi connectivity index (χ0) is 21.1. The van der Waals surface area contributed by atoms with E-state index >= 15 is 0 Å². The average molecular weight is 413 g/mol. The minimum Gasteiger partial charge on any atom is -0.394 e. The van der Waals surface area contributed by atoms with Gasteiger partial charge in [-0.15, -0.1) is 0 Å². The zero-order valence-corrected chi connectivity index (χ0v) is 16.0. The lowest BCUT2D eigenvalue weighted by molar-refractivity contribution is -0.0511. The van der Waals surface area contributed by atoms with E-state index in [-0.39, 0.29) is 11.8 Å². The van der Waals surface area contributed by atoms with E-state index in [2.05, 4.69) is 37.6 Å². The van der Waals surface area contributed by atoms with Crippen LogP contribution in [-0.2, 0) is 11.2 Å². The lowest BCUT2D eigenvalue weighted by atomic mass is 10.1. The van der Waals surface area contributed by atoms with E-state index in [0.717, 1.165) is 12.8 Å². The van der Waals surface area contributed by atoms with Crippen molar-refractivity contribution in [2.45, 2.75) is 37.4 Å². The van der Waals surface area contributed by atoms with Crippen LogP contribution in [0, 0.1) is 0 Å². The number of nitrogens with zero attached hydrogens (tertiary/aromatic N) is 5. The van der Waals surface area contributed by atoms with Crippen molar-refractivity contribution >= 4 is 29.1 Å². The number of imidazole rings is 1. The number of fused-ring (bicyclic) bond motifs is 1. The van der Waals surface area contributed by atoms with Gasteiger partial charge in [0.05, 0.1) is 12.9 Å². The van der Waals surface area contributed by atoms with E-state index in [1.807, 2.05) is 18.2 Å². The third-order valence-corrected chi connectivity index (χ3v) is 4.90. The standard InChI is InChI=1S/C19H23N7O4/c20-16-13-17(26(10-21-13)18-15(29)14(28)12(9-27)30-18)24-19(23-16)25-22-8-4-7-11-5-2-1-3-6-11/h1-3,5-6,8,10,12,14-15,18,27-29H,4,7,9H2,(H3,20,23,24,25)/b22-8+/t12-,14-,15-,18-/m1/s1. The topological polar surface area (TPSA) is 164 Å². The highest BCUT2D eigenvalue weighted by Crippen LogP contribution is 2.32. The molecule has 0 spiro atoms. The molecule has 4 rings (SSSR count). The first-order valence-electron chi connectivity index (χ1n) is 9.52. The number of hydrazone groups is 1. The van der Waals surface area contributed by atoms with Crippen molar-refractivity contribution in [2.24, 2.45) is 5.10 Å². The molecule has 1 aliphatic rings. The summed E-state index contributed by atoms with van der Waals surface area (Å²) in [6.07, 6.45) is 0.323. The lowest BCUT2D eigenvalue weighted by Crippen LogP contribution is -2.33. The molecule has 1 saturated heterocycles. The Bertz CT molecular complexity index is 1030. The second kappa shape index (κ2) is 8.71. The summed E-state index contributed by atoms with van der Waals surface area (Å²) in [5, 5.41) is 33.7. The van der Waals surface area contributed by atoms with Gasteiger partial charge in [0.2, 0.25) is 5.95 Å². The van der Waals surface area contributed by atoms with Crippen molar-refractivity contribution in [1.82, 2.24) is 19.5 Å². The fourth-order valence-electron chi connectivity index (χ4n) is 3.33. The van der Waals surface area contributed by atoms with E-state index in [0.29, 0.717) is 11.2 Å². The van der Waals surface area contributed by atoms with Crippen LogP contribution in [0.5, 0.6) is 0 Å². The minimum absolute atomic E-state index is 0.132. The Morgan fingerprint density at radius 2 is 2.00 bits per heavy atom. The van der Waals surface area contributed by atoms with Crippen molar-refractivity contribution in [3.05, 3.63) is 42.2 Å². The summed E-state index contributed by atoms with van der Waals surface area (Å²) in [6, 6.07) is 10.1. The maximum Gasteiger partial charge on any atom is 0.247 e. The van der Waals surface area contributed by atoms with Crippen molar-refractivity contribution in [1.29, 1.82) is 0 Å². The van der Waals surface area contributed by atoms with Crippen molar-refractivity contribution in [3.63, 3.8) is 0 Å². The van der Waals surface area contributed by atoms with Crippen LogP contribution in [0.3, 0.4) is 0 Å². The lowest BCUT2D eigenvalue weighted by Gasteiger charge is -2.16. The maximum absolute atomic E-state index is 10.3. The van der Waals surface area contributed by atoms with E-state index in [1.54, 1.807) is 6.21 Å². The monoisotopic (exact) mass is 413 g/mol. The first-order chi connectivity index (χ1) is 14.6. The molecule has 1 aliphatic heterocycles. The molecule has 0 aliphatic carbocycles. The van der Waals surface area contributed by atoms with Gasteiger partial charge < -0.3 is 25.8 Å². The number of ether oxygens (including phenoxy) is 1. The van der Waals surface area contributed by atoms with E-state index < -0.39 is 31.1 Å². The Balaban J connectivity index is 1.49. The number of nitrogens with two attached hydrogens (primary N) is 1. The molecular weight excluding hydrogens is 390 g/mol. The van der Waals surface area contributed by atoms with E-state index in [9.17, 15) is 15.3 Å². The Hall–Kier alpha value is -3.12. The van der Waals surface area contributed by atoms with Gasteiger partial charge in [-0.05, 0) is 18.4 Å². The zero-order valence-electron chi connectivity index (χ0n) is 16.0. The molecule has 1 fully saturated rings. The van der Waals surface area contributed by atoms with Crippen LogP contribution in [0.25, 0.3) is 11.2 Å². The Morgan fingerprint density at radius 3 is 2.73 bits per heavy atom. The van der Waals surface area contributed by atoms with Gasteiger partial charge in [0, 0.05) is 6.21 Å². The summed E-state index contributed by atoms with van der Waals surface area (Å²) in [4.78, 5) is 12.7. The number of aryl methyl sites for hydroxylation is 1. The predicted molar refractivity (Wildman–Crippen MR) is 110 cm³/mol. The van der Waals surface area contributed by atoms with Crippen LogP contribution < -0.4 is 11.2 Å². The molecule has 0 amide bonds. The number of aliphatic hydroxyl groups excluding tert-OH is 3. The van der Waals surface area contributed by atoms with Gasteiger partial charge in [0.25, 0.3) is 0 Å². The van der Waals surface area contributed by atoms with Crippen LogP contribution in [0.4, 0.5) is 11.8 Å². The van der Waals surface area contributed by atoms with Gasteiger partial charge in [-0.25, -0.2) is 10.4 Å². The van der Waals surface area contributed by atoms with Gasteiger partial charge in [-0.3, -0.25) is 4.57 Å². The van der Waals surface area contributed by atoms with Gasteiger partial charge in [0.15, 0.2) is 17.7 Å². The normalized spacial score (nSPS) is 24.1. The summed E-state index contributed by atoms with van der Waals surface area (Å²) >= 11 is 0. The molecule has 0 radical (unpaired) electrons. The molecule has 3 aromatic rings. The molecule has 158 valence electrons. The number of aliphatic hydroxyl groups is 3. The predicted octanol–water partition coefficient (Wildman–Crippen LogP) is 0.0505. The van der Waals surface area contributed by atoms with E-state index in [4.69, 9.17) is 10.5 Å². The quantitative estimate of drug-likeness (QED) is 0.266. The van der Waals surface area contributed by atoms with Crippen LogP contribution >= 0.6 is 0 Å². The summed E-state index contributed by atoms with van der Waals surface area (Å²) in [5.41, 5.74) is 10.6. The largest absolute Gasteiger partial charge is 0.394 e. The molecule has 6 N–H and O–H groups in total. The molecular formula is C19H23N7O4.